The number of hydrogen-bond donors (Lipinski definition) is 10. The Kier molecular flexibility index (Phi) is 25.1. The summed E-state index contributed by atoms with van der Waals surface area (Å²) >= 11 is 3.19. The first-order valence-electron chi connectivity index (χ1n) is 29.9. The van der Waals surface area contributed by atoms with Gasteiger partial charge in [0.05, 0.1) is 13.2 Å². The van der Waals surface area contributed by atoms with E-state index < -0.39 is 101 Å². The fraction of sp³-hybridized carbons (Fsp3) is 0.508. The number of nitrogens with zero attached hydrogens (tertiary/aromatic N) is 1. The van der Waals surface area contributed by atoms with Gasteiger partial charge in [-0.2, -0.15) is 23.5 Å². The molecule has 24 heteroatoms. The molecular formula is C63H83FN10O11S2. The summed E-state index contributed by atoms with van der Waals surface area (Å²) in [5.41, 5.74) is 2.47. The lowest BCUT2D eigenvalue weighted by atomic mass is 9.95. The molecule has 470 valence electrons. The van der Waals surface area contributed by atoms with E-state index in [9.17, 15) is 52.6 Å². The zero-order chi connectivity index (χ0) is 62.6. The van der Waals surface area contributed by atoms with Gasteiger partial charge < -0.3 is 62.3 Å². The maximum absolute atomic E-state index is 15.0. The molecule has 3 aliphatic rings. The number of rotatable bonds is 6. The second kappa shape index (κ2) is 32.5. The number of aromatic amines is 1. The summed E-state index contributed by atoms with van der Waals surface area (Å²) in [5.74, 6) is -3.67. The van der Waals surface area contributed by atoms with Gasteiger partial charge in [0, 0.05) is 72.5 Å². The van der Waals surface area contributed by atoms with Crippen LogP contribution in [0.15, 0.2) is 85.1 Å². The molecule has 3 aromatic carbocycles. The summed E-state index contributed by atoms with van der Waals surface area (Å²) in [7, 11) is 1.52. The molecular weight excluding hydrogens is 1160 g/mol. The molecule has 4 heterocycles. The fourth-order valence-corrected chi connectivity index (χ4v) is 12.5. The Labute approximate surface area is 515 Å². The number of carbonyl (C=O) groups is 9. The van der Waals surface area contributed by atoms with Gasteiger partial charge in [-0.05, 0) is 125 Å². The van der Waals surface area contributed by atoms with Crippen LogP contribution < -0.4 is 47.3 Å². The van der Waals surface area contributed by atoms with Crippen molar-refractivity contribution in [3.63, 3.8) is 0 Å². The van der Waals surface area contributed by atoms with Crippen LogP contribution in [0.4, 0.5) is 4.39 Å². The minimum atomic E-state index is -1.67. The van der Waals surface area contributed by atoms with Crippen LogP contribution in [-0.4, -0.2) is 154 Å². The number of fused-ring (bicyclic) bond motifs is 10. The monoisotopic (exact) mass is 1240 g/mol. The Hall–Kier alpha value is -7.44. The molecule has 10 N–H and O–H groups in total. The second-order valence-electron chi connectivity index (χ2n) is 22.7. The minimum absolute atomic E-state index is 0.0413. The quantitative estimate of drug-likeness (QED) is 0.121. The van der Waals surface area contributed by atoms with Crippen LogP contribution in [-0.2, 0) is 67.5 Å². The van der Waals surface area contributed by atoms with Crippen molar-refractivity contribution < 1.29 is 57.4 Å². The molecule has 9 amide bonds. The molecule has 1 fully saturated rings. The van der Waals surface area contributed by atoms with E-state index in [2.05, 4.69) is 53.6 Å². The average molecular weight is 1240 g/mol. The molecule has 0 unspecified atom stereocenters. The minimum Gasteiger partial charge on any atom is -0.497 e. The summed E-state index contributed by atoms with van der Waals surface area (Å²) < 4.78 is 20.1. The first kappa shape index (κ1) is 67.1. The topological polar surface area (TPSA) is 298 Å². The first-order valence-corrected chi connectivity index (χ1v) is 32.2. The van der Waals surface area contributed by atoms with Gasteiger partial charge in [-0.15, -0.1) is 0 Å². The van der Waals surface area contributed by atoms with E-state index in [0.29, 0.717) is 102 Å². The van der Waals surface area contributed by atoms with Crippen LogP contribution in [0.1, 0.15) is 114 Å². The van der Waals surface area contributed by atoms with Gasteiger partial charge in [-0.1, -0.05) is 61.4 Å². The summed E-state index contributed by atoms with van der Waals surface area (Å²) in [6, 6.07) is 9.83. The molecule has 21 nitrogen and oxygen atoms in total. The summed E-state index contributed by atoms with van der Waals surface area (Å²) in [6.45, 7) is 6.46. The van der Waals surface area contributed by atoms with Crippen molar-refractivity contribution in [1.82, 2.24) is 52.4 Å². The van der Waals surface area contributed by atoms with Gasteiger partial charge in [0.15, 0.2) is 0 Å². The molecule has 0 radical (unpaired) electrons. The standard InChI is InChI=1S/C63H83FN10O11S2/c1-38-55(77)68-39(2)56(78)69-49-17-11-9-7-6-8-10-12-18-50(70-59(81)51(71-57(49)79)33-44-35-66-48-24-21-45(64)34-47(44)48)58(80)73-54(40(3)75)60(82)72-52(32-41-19-22-46(85-5)23-20-41)61(83)74-28-14-26-63(74,4)62(84)65-27-30-87-37-43-16-13-15-42(31-43)36-86-29-25-53(76)67-38/h7,9,13,15-16,19-24,31,34-35,38-40,49-52,54,66,75H,6,8,10-12,14,17-18,25-30,32-33,36-37H2,1-5H3,(H,65,84)(H,67,76)(H,68,77)(H,69,78)(H,70,81)(H,71,79)(H,72,82)(H,73,80)/b9-7+/t38-,39+,40+,49-,50-,51-,52-,54-,63-/m0/s1. The van der Waals surface area contributed by atoms with E-state index in [1.54, 1.807) is 60.9 Å². The third kappa shape index (κ3) is 19.3. The predicted molar refractivity (Wildman–Crippen MR) is 332 cm³/mol. The van der Waals surface area contributed by atoms with Crippen LogP contribution in [0.2, 0.25) is 0 Å². The Morgan fingerprint density at radius 3 is 2.09 bits per heavy atom. The normalized spacial score (nSPS) is 26.5. The van der Waals surface area contributed by atoms with Crippen LogP contribution in [0, 0.1) is 5.82 Å². The molecule has 1 saturated heterocycles. The van der Waals surface area contributed by atoms with Crippen LogP contribution in [0.5, 0.6) is 5.75 Å². The first-order chi connectivity index (χ1) is 41.7. The molecule has 4 bridgehead atoms. The summed E-state index contributed by atoms with van der Waals surface area (Å²) in [5, 5.41) is 33.8. The molecule has 87 heavy (non-hydrogen) atoms. The van der Waals surface area contributed by atoms with Crippen molar-refractivity contribution in [2.24, 2.45) is 0 Å². The molecule has 0 spiro atoms. The number of ether oxygens (including phenoxy) is 1. The highest BCUT2D eigenvalue weighted by Crippen LogP contribution is 2.31. The van der Waals surface area contributed by atoms with Crippen molar-refractivity contribution in [2.75, 3.05) is 31.7 Å². The van der Waals surface area contributed by atoms with E-state index >= 15 is 0 Å². The summed E-state index contributed by atoms with van der Waals surface area (Å²) in [4.78, 5) is 133. The Balaban J connectivity index is 1.19. The third-order valence-corrected chi connectivity index (χ3v) is 18.0. The smallest absolute Gasteiger partial charge is 0.246 e. The lowest BCUT2D eigenvalue weighted by Gasteiger charge is -2.37. The highest BCUT2D eigenvalue weighted by molar-refractivity contribution is 7.98. The molecule has 0 aliphatic carbocycles. The van der Waals surface area contributed by atoms with Gasteiger partial charge in [0.2, 0.25) is 53.2 Å². The number of allylic oxidation sites excluding steroid dienone is 2. The predicted octanol–water partition coefficient (Wildman–Crippen LogP) is 4.28. The van der Waals surface area contributed by atoms with Crippen molar-refractivity contribution >= 4 is 87.6 Å². The van der Waals surface area contributed by atoms with Crippen molar-refractivity contribution in [1.29, 1.82) is 0 Å². The van der Waals surface area contributed by atoms with Gasteiger partial charge >= 0.3 is 0 Å². The molecule has 4 aromatic rings. The fourth-order valence-electron chi connectivity index (χ4n) is 10.8. The maximum Gasteiger partial charge on any atom is 0.246 e. The summed E-state index contributed by atoms with van der Waals surface area (Å²) in [6.07, 6.45) is 7.40. The number of methoxy groups -OCH3 is 1. The average Bonchev–Trinajstić information content (AvgIpc) is 1.96. The number of carbonyl (C=O) groups excluding carboxylic acids is 9. The number of amides is 9. The number of nitrogens with one attached hydrogen (secondary N) is 9. The second-order valence-corrected chi connectivity index (χ2v) is 24.9. The van der Waals surface area contributed by atoms with Gasteiger partial charge in [0.25, 0.3) is 0 Å². The maximum atomic E-state index is 15.0. The molecule has 0 saturated carbocycles. The largest absolute Gasteiger partial charge is 0.497 e. The SMILES string of the molecule is COc1ccc(C[C@@H]2NC(=O)[C@H]([C@@H](C)O)NC(=O)[C@@H]3CCCCC/C=C/CC[C@H](NC(=O)[C@@H](C)NC(=O)[C@H](C)NC(=O)CCSCc4cccc(c4)CSCCNC(=O)[C@]4(C)CCCN4C2=O)C(=O)N[C@@H](Cc2c[nH]c4ccc(F)cc24)C(=O)N3)cc1. The van der Waals surface area contributed by atoms with E-state index in [0.717, 1.165) is 11.1 Å². The zero-order valence-electron chi connectivity index (χ0n) is 50.1. The highest BCUT2D eigenvalue weighted by atomic mass is 32.2. The number of aliphatic hydroxyl groups excluding tert-OH is 1. The van der Waals surface area contributed by atoms with Gasteiger partial charge in [-0.3, -0.25) is 43.2 Å². The van der Waals surface area contributed by atoms with Crippen molar-refractivity contribution in [3.05, 3.63) is 113 Å². The molecule has 7 rings (SSSR count). The number of hydrogen-bond acceptors (Lipinski definition) is 13. The molecule has 1 aromatic heterocycles. The highest BCUT2D eigenvalue weighted by Gasteiger charge is 2.48. The number of H-pyrrole nitrogens is 1. The van der Waals surface area contributed by atoms with Crippen LogP contribution >= 0.6 is 23.5 Å². The molecule has 9 atom stereocenters. The number of halogens is 1. The number of aliphatic hydroxyl groups is 1. The van der Waals surface area contributed by atoms with E-state index in [-0.39, 0.29) is 50.5 Å². The van der Waals surface area contributed by atoms with E-state index in [1.807, 2.05) is 30.4 Å². The van der Waals surface area contributed by atoms with E-state index in [1.165, 1.54) is 51.0 Å². The third-order valence-electron chi connectivity index (χ3n) is 15.9. The van der Waals surface area contributed by atoms with Crippen LogP contribution in [0.25, 0.3) is 10.9 Å². The number of aromatic nitrogens is 1. The van der Waals surface area contributed by atoms with Crippen molar-refractivity contribution in [3.8, 4) is 5.75 Å². The Bertz CT molecular complexity index is 3110. The number of benzene rings is 3. The van der Waals surface area contributed by atoms with E-state index in [4.69, 9.17) is 4.74 Å². The Morgan fingerprint density at radius 1 is 0.690 bits per heavy atom. The molecule has 3 aliphatic heterocycles. The number of thioether (sulfide) groups is 2. The van der Waals surface area contributed by atoms with Crippen LogP contribution in [0.3, 0.4) is 0 Å². The van der Waals surface area contributed by atoms with Gasteiger partial charge in [-0.25, -0.2) is 4.39 Å². The Morgan fingerprint density at radius 2 is 1.36 bits per heavy atom. The lowest BCUT2D eigenvalue weighted by molar-refractivity contribution is -0.147. The zero-order valence-corrected chi connectivity index (χ0v) is 51.7. The lowest BCUT2D eigenvalue weighted by Crippen LogP contribution is -2.63. The van der Waals surface area contributed by atoms with Crippen molar-refractivity contribution in [2.45, 2.75) is 170 Å². The van der Waals surface area contributed by atoms with Gasteiger partial charge in [0.1, 0.15) is 59.4 Å².